The molecule has 1 aliphatic rings. The van der Waals surface area contributed by atoms with Crippen LogP contribution < -0.4 is 11.1 Å². The van der Waals surface area contributed by atoms with Gasteiger partial charge >= 0.3 is 0 Å². The first-order valence-corrected chi connectivity index (χ1v) is 15.3. The number of benzene rings is 1. The van der Waals surface area contributed by atoms with E-state index in [9.17, 15) is 23.5 Å². The number of rotatable bonds is 15. The largest absolute Gasteiger partial charge is 0.391 e. The number of hydrogen-bond acceptors (Lipinski definition) is 6. The summed E-state index contributed by atoms with van der Waals surface area (Å²) >= 11 is 0. The third-order valence-corrected chi connectivity index (χ3v) is 8.27. The Morgan fingerprint density at radius 3 is 2.40 bits per heavy atom. The molecule has 236 valence electrons. The van der Waals surface area contributed by atoms with Crippen molar-refractivity contribution in [2.45, 2.75) is 91.7 Å². The van der Waals surface area contributed by atoms with Gasteiger partial charge in [-0.1, -0.05) is 39.3 Å². The van der Waals surface area contributed by atoms with Crippen molar-refractivity contribution in [3.8, 4) is 0 Å². The summed E-state index contributed by atoms with van der Waals surface area (Å²) in [6.45, 7) is 11.9. The summed E-state index contributed by atoms with van der Waals surface area (Å²) in [5.74, 6) is -1.73. The van der Waals surface area contributed by atoms with Crippen LogP contribution in [0.25, 0.3) is 0 Å². The lowest BCUT2D eigenvalue weighted by Gasteiger charge is -2.50. The van der Waals surface area contributed by atoms with Crippen LogP contribution >= 0.6 is 0 Å². The summed E-state index contributed by atoms with van der Waals surface area (Å²) in [6.07, 6.45) is 4.06. The molecule has 4 N–H and O–H groups in total. The van der Waals surface area contributed by atoms with Gasteiger partial charge in [-0.05, 0) is 81.7 Å². The molecule has 8 nitrogen and oxygen atoms in total. The summed E-state index contributed by atoms with van der Waals surface area (Å²) in [5.41, 5.74) is 4.73. The van der Waals surface area contributed by atoms with Crippen LogP contribution in [0.15, 0.2) is 42.1 Å². The van der Waals surface area contributed by atoms with Gasteiger partial charge in [0.25, 0.3) is 0 Å². The zero-order valence-electron chi connectivity index (χ0n) is 26.1. The third kappa shape index (κ3) is 8.03. The molecule has 2 amide bonds. The van der Waals surface area contributed by atoms with Crippen LogP contribution in [0.1, 0.15) is 89.7 Å². The molecule has 0 saturated heterocycles. The normalized spacial score (nSPS) is 22.0. The highest BCUT2D eigenvalue weighted by Crippen LogP contribution is 2.51. The molecule has 0 aliphatic heterocycles. The standard InChI is InChI=1S/C33H47F2N5O3/c1-6-13-40(14-7-2)31(43)32(10-8-11-37-21-28-38-12-9-27(39-28)22(3)4)18-23(5)19-33(29(32)41,30(36)42)20-24-15-25(34)17-26(35)16-24/h9,12,15-17,19,22,29,37,41H,6-8,10-11,13-14,18,20-21H2,1-5H3,(H2,36,42)/t29-,32?,33-/m1/s1. The maximum Gasteiger partial charge on any atom is 0.231 e. The molecule has 0 fully saturated rings. The number of aliphatic hydroxyl groups excluding tert-OH is 1. The van der Waals surface area contributed by atoms with Gasteiger partial charge in [-0.15, -0.1) is 0 Å². The zero-order chi connectivity index (χ0) is 31.8. The molecule has 0 radical (unpaired) electrons. The van der Waals surface area contributed by atoms with E-state index in [1.807, 2.05) is 19.9 Å². The summed E-state index contributed by atoms with van der Waals surface area (Å²) < 4.78 is 28.3. The van der Waals surface area contributed by atoms with Gasteiger partial charge in [0.15, 0.2) is 0 Å². The van der Waals surface area contributed by atoms with Crippen LogP contribution in [0, 0.1) is 22.5 Å². The second kappa shape index (κ2) is 15.0. The Kier molecular flexibility index (Phi) is 11.9. The Balaban J connectivity index is 1.95. The quantitative estimate of drug-likeness (QED) is 0.200. The van der Waals surface area contributed by atoms with Crippen molar-refractivity contribution in [3.05, 3.63) is 70.8 Å². The van der Waals surface area contributed by atoms with E-state index >= 15 is 0 Å². The van der Waals surface area contributed by atoms with Gasteiger partial charge in [-0.25, -0.2) is 18.7 Å². The molecular weight excluding hydrogens is 552 g/mol. The highest BCUT2D eigenvalue weighted by atomic mass is 19.1. The van der Waals surface area contributed by atoms with Crippen LogP contribution in [0.4, 0.5) is 8.78 Å². The van der Waals surface area contributed by atoms with Crippen LogP contribution in [0.2, 0.25) is 0 Å². The van der Waals surface area contributed by atoms with E-state index in [-0.39, 0.29) is 36.7 Å². The first-order chi connectivity index (χ1) is 20.4. The van der Waals surface area contributed by atoms with E-state index in [4.69, 9.17) is 5.73 Å². The Bertz CT molecular complexity index is 1280. The highest BCUT2D eigenvalue weighted by molar-refractivity contribution is 5.90. The van der Waals surface area contributed by atoms with Crippen molar-refractivity contribution in [2.75, 3.05) is 19.6 Å². The Morgan fingerprint density at radius 1 is 1.16 bits per heavy atom. The van der Waals surface area contributed by atoms with Crippen molar-refractivity contribution >= 4 is 11.8 Å². The molecule has 10 heteroatoms. The molecule has 2 aromatic rings. The first-order valence-electron chi connectivity index (χ1n) is 15.3. The minimum absolute atomic E-state index is 0.173. The van der Waals surface area contributed by atoms with Gasteiger partial charge in [0.2, 0.25) is 11.8 Å². The van der Waals surface area contributed by atoms with Crippen molar-refractivity contribution in [3.63, 3.8) is 0 Å². The van der Waals surface area contributed by atoms with Crippen LogP contribution in [0.5, 0.6) is 0 Å². The number of amides is 2. The van der Waals surface area contributed by atoms with E-state index < -0.39 is 34.5 Å². The number of carbonyl (C=O) groups is 2. The summed E-state index contributed by atoms with van der Waals surface area (Å²) in [7, 11) is 0. The maximum absolute atomic E-state index is 14.4. The van der Waals surface area contributed by atoms with Gasteiger partial charge in [0.05, 0.1) is 23.5 Å². The van der Waals surface area contributed by atoms with Gasteiger partial charge in [-0.2, -0.15) is 0 Å². The van der Waals surface area contributed by atoms with Crippen LogP contribution in [-0.2, 0) is 22.6 Å². The number of aliphatic hydroxyl groups is 1. The van der Waals surface area contributed by atoms with E-state index in [0.29, 0.717) is 44.0 Å². The molecular formula is C33H47F2N5O3. The van der Waals surface area contributed by atoms with Crippen molar-refractivity contribution in [1.29, 1.82) is 0 Å². The van der Waals surface area contributed by atoms with Gasteiger partial charge in [-0.3, -0.25) is 9.59 Å². The lowest BCUT2D eigenvalue weighted by Crippen LogP contribution is -2.62. The molecule has 3 rings (SSSR count). The average Bonchev–Trinajstić information content (AvgIpc) is 2.94. The smallest absolute Gasteiger partial charge is 0.231 e. The molecule has 1 aliphatic carbocycles. The van der Waals surface area contributed by atoms with Crippen molar-refractivity contribution < 1.29 is 23.5 Å². The minimum atomic E-state index is -1.74. The number of primary amides is 1. The molecule has 1 unspecified atom stereocenters. The van der Waals surface area contributed by atoms with E-state index in [1.165, 1.54) is 0 Å². The molecule has 0 bridgehead atoms. The number of carbonyl (C=O) groups excluding carboxylic acids is 2. The summed E-state index contributed by atoms with van der Waals surface area (Å²) in [4.78, 5) is 38.4. The Hall–Kier alpha value is -3.24. The molecule has 1 aromatic heterocycles. The highest BCUT2D eigenvalue weighted by Gasteiger charge is 2.59. The number of nitrogens with two attached hydrogens (primary N) is 1. The van der Waals surface area contributed by atoms with Crippen LogP contribution in [-0.4, -0.2) is 57.5 Å². The topological polar surface area (TPSA) is 121 Å². The Morgan fingerprint density at radius 2 is 1.81 bits per heavy atom. The predicted molar refractivity (Wildman–Crippen MR) is 163 cm³/mol. The van der Waals surface area contributed by atoms with Crippen molar-refractivity contribution in [2.24, 2.45) is 16.6 Å². The fraction of sp³-hybridized carbons (Fsp3) is 0.576. The minimum Gasteiger partial charge on any atom is -0.391 e. The van der Waals surface area contributed by atoms with Crippen molar-refractivity contribution in [1.82, 2.24) is 20.2 Å². The fourth-order valence-corrected chi connectivity index (χ4v) is 6.39. The number of nitrogens with one attached hydrogen (secondary N) is 1. The lowest BCUT2D eigenvalue weighted by atomic mass is 9.57. The van der Waals surface area contributed by atoms with E-state index in [1.54, 1.807) is 24.1 Å². The molecule has 0 spiro atoms. The third-order valence-electron chi connectivity index (χ3n) is 8.27. The second-order valence-corrected chi connectivity index (χ2v) is 12.2. The number of nitrogens with zero attached hydrogens (tertiary/aromatic N) is 3. The maximum atomic E-state index is 14.4. The first kappa shape index (κ1) is 34.3. The molecule has 1 heterocycles. The van der Waals surface area contributed by atoms with Gasteiger partial charge in [0, 0.05) is 31.0 Å². The summed E-state index contributed by atoms with van der Waals surface area (Å²) in [5, 5.41) is 15.5. The average molecular weight is 600 g/mol. The number of allylic oxidation sites excluding steroid dienone is 1. The summed E-state index contributed by atoms with van der Waals surface area (Å²) in [6, 6.07) is 4.90. The van der Waals surface area contributed by atoms with E-state index in [0.717, 1.165) is 36.7 Å². The molecule has 0 saturated carbocycles. The number of aromatic nitrogens is 2. The fourth-order valence-electron chi connectivity index (χ4n) is 6.39. The number of halogens is 2. The SMILES string of the molecule is CCCN(CCC)C(=O)C1(CCCNCc2nccc(C(C)C)n2)CC(C)=C[C@](Cc2cc(F)cc(F)c2)(C(N)=O)[C@@H]1O. The number of hydrogen-bond donors (Lipinski definition) is 3. The zero-order valence-corrected chi connectivity index (χ0v) is 26.1. The van der Waals surface area contributed by atoms with E-state index in [2.05, 4.69) is 29.1 Å². The molecule has 43 heavy (non-hydrogen) atoms. The molecule has 3 atom stereocenters. The molecule has 1 aromatic carbocycles. The van der Waals surface area contributed by atoms with Crippen LogP contribution in [0.3, 0.4) is 0 Å². The predicted octanol–water partition coefficient (Wildman–Crippen LogP) is 4.81. The van der Waals surface area contributed by atoms with Gasteiger partial charge in [0.1, 0.15) is 17.5 Å². The second-order valence-electron chi connectivity index (χ2n) is 12.2. The van der Waals surface area contributed by atoms with Gasteiger partial charge < -0.3 is 21.1 Å². The Labute approximate surface area is 254 Å². The lowest BCUT2D eigenvalue weighted by molar-refractivity contribution is -0.162. The monoisotopic (exact) mass is 599 g/mol.